The van der Waals surface area contributed by atoms with Crippen molar-refractivity contribution in [3.8, 4) is 40.2 Å². The van der Waals surface area contributed by atoms with E-state index >= 15 is 0 Å². The van der Waals surface area contributed by atoms with Crippen LogP contribution in [0, 0.1) is 0 Å². The van der Waals surface area contributed by atoms with E-state index in [0.717, 1.165) is 42.7 Å². The maximum Gasteiger partial charge on any atom is 0.206 e. The Balaban J connectivity index is 1.14. The lowest BCUT2D eigenvalue weighted by Crippen LogP contribution is -2.30. The standard InChI is InChI=1S/C42H46O6S/c1-7-41(5,8-2)31-11-27-39(28-12-31)49(43,44)40-29-25-37(26-30-40)47-35-19-17-33(18-20-35)45-32-13-15-34(16-14-32)46-36-21-23-38(24-22-36)48-42(6,9-3)10-4/h11-30H,7-10H2,1-6H3. The summed E-state index contributed by atoms with van der Waals surface area (Å²) in [5.41, 5.74) is 1.00. The molecule has 49 heavy (non-hydrogen) atoms. The lowest BCUT2D eigenvalue weighted by atomic mass is 9.78. The van der Waals surface area contributed by atoms with Crippen molar-refractivity contribution in [2.24, 2.45) is 0 Å². The molecule has 0 unspecified atom stereocenters. The highest BCUT2D eigenvalue weighted by Gasteiger charge is 2.24. The highest BCUT2D eigenvalue weighted by molar-refractivity contribution is 7.91. The molecule has 5 rings (SSSR count). The predicted molar refractivity (Wildman–Crippen MR) is 195 cm³/mol. The minimum Gasteiger partial charge on any atom is -0.488 e. The molecule has 0 N–H and O–H groups in total. The quantitative estimate of drug-likeness (QED) is 0.110. The topological polar surface area (TPSA) is 71.1 Å². The van der Waals surface area contributed by atoms with Crippen LogP contribution in [0.2, 0.25) is 0 Å². The van der Waals surface area contributed by atoms with Crippen LogP contribution < -0.4 is 18.9 Å². The minimum atomic E-state index is -3.65. The Labute approximate surface area is 291 Å². The molecule has 256 valence electrons. The van der Waals surface area contributed by atoms with Crippen molar-refractivity contribution in [2.45, 2.75) is 88.0 Å². The van der Waals surface area contributed by atoms with E-state index in [4.69, 9.17) is 18.9 Å². The molecule has 0 aromatic heterocycles. The Morgan fingerprint density at radius 1 is 0.429 bits per heavy atom. The summed E-state index contributed by atoms with van der Waals surface area (Å²) >= 11 is 0. The van der Waals surface area contributed by atoms with Crippen LogP contribution in [0.5, 0.6) is 40.2 Å². The van der Waals surface area contributed by atoms with Gasteiger partial charge in [0.25, 0.3) is 0 Å². The van der Waals surface area contributed by atoms with Gasteiger partial charge in [-0.2, -0.15) is 0 Å². The molecule has 0 radical (unpaired) electrons. The molecule has 0 aliphatic carbocycles. The minimum absolute atomic E-state index is 0.0308. The fraction of sp³-hybridized carbons (Fsp3) is 0.286. The number of hydrogen-bond donors (Lipinski definition) is 0. The van der Waals surface area contributed by atoms with E-state index in [0.29, 0.717) is 28.7 Å². The van der Waals surface area contributed by atoms with Gasteiger partial charge in [0.05, 0.1) is 9.79 Å². The van der Waals surface area contributed by atoms with Crippen molar-refractivity contribution in [3.63, 3.8) is 0 Å². The molecule has 7 heteroatoms. The van der Waals surface area contributed by atoms with E-state index in [9.17, 15) is 8.42 Å². The van der Waals surface area contributed by atoms with E-state index in [1.54, 1.807) is 48.5 Å². The number of rotatable bonds is 15. The summed E-state index contributed by atoms with van der Waals surface area (Å²) in [4.78, 5) is 0.496. The van der Waals surface area contributed by atoms with E-state index < -0.39 is 9.84 Å². The third kappa shape index (κ3) is 8.65. The third-order valence-corrected chi connectivity index (χ3v) is 11.4. The van der Waals surface area contributed by atoms with Crippen LogP contribution >= 0.6 is 0 Å². The molecule has 0 aliphatic rings. The molecule has 0 heterocycles. The average molecular weight is 679 g/mol. The molecule has 6 nitrogen and oxygen atoms in total. The highest BCUT2D eigenvalue weighted by Crippen LogP contribution is 2.34. The maximum atomic E-state index is 13.3. The summed E-state index contributed by atoms with van der Waals surface area (Å²) in [6.07, 6.45) is 3.85. The van der Waals surface area contributed by atoms with Gasteiger partial charge in [-0.25, -0.2) is 8.42 Å². The van der Waals surface area contributed by atoms with Gasteiger partial charge in [0.15, 0.2) is 0 Å². The Bertz CT molecular complexity index is 1890. The number of benzene rings is 5. The smallest absolute Gasteiger partial charge is 0.206 e. The first-order valence-electron chi connectivity index (χ1n) is 17.0. The van der Waals surface area contributed by atoms with Crippen molar-refractivity contribution in [2.75, 3.05) is 0 Å². The fourth-order valence-electron chi connectivity index (χ4n) is 5.33. The Morgan fingerprint density at radius 3 is 1.02 bits per heavy atom. The van der Waals surface area contributed by atoms with Crippen LogP contribution in [0.15, 0.2) is 131 Å². The molecule has 0 bridgehead atoms. The molecular weight excluding hydrogens is 633 g/mol. The molecule has 0 amide bonds. The van der Waals surface area contributed by atoms with Gasteiger partial charge in [0.2, 0.25) is 9.84 Å². The van der Waals surface area contributed by atoms with E-state index in [2.05, 4.69) is 41.5 Å². The van der Waals surface area contributed by atoms with Crippen molar-refractivity contribution in [1.29, 1.82) is 0 Å². The monoisotopic (exact) mass is 678 g/mol. The summed E-state index contributed by atoms with van der Waals surface area (Å²) in [5.74, 6) is 4.68. The Kier molecular flexibility index (Phi) is 11.0. The molecule has 5 aromatic carbocycles. The third-order valence-electron chi connectivity index (χ3n) is 9.59. The van der Waals surface area contributed by atoms with E-state index in [-0.39, 0.29) is 20.8 Å². The first-order chi connectivity index (χ1) is 23.5. The van der Waals surface area contributed by atoms with Crippen LogP contribution in [-0.2, 0) is 15.3 Å². The number of hydrogen-bond acceptors (Lipinski definition) is 6. The summed E-state index contributed by atoms with van der Waals surface area (Å²) in [6.45, 7) is 12.9. The SMILES string of the molecule is CCC(C)(CC)Oc1ccc(Oc2ccc(Oc3ccc(Oc4ccc(S(=O)(=O)c5ccc(C(C)(CC)CC)cc5)cc4)cc3)cc2)cc1. The van der Waals surface area contributed by atoms with Gasteiger partial charge >= 0.3 is 0 Å². The van der Waals surface area contributed by atoms with Gasteiger partial charge < -0.3 is 18.9 Å². The lowest BCUT2D eigenvalue weighted by molar-refractivity contribution is 0.0802. The Morgan fingerprint density at radius 2 is 0.714 bits per heavy atom. The van der Waals surface area contributed by atoms with Crippen LogP contribution in [0.4, 0.5) is 0 Å². The molecule has 0 saturated heterocycles. The second-order valence-corrected chi connectivity index (χ2v) is 14.7. The van der Waals surface area contributed by atoms with E-state index in [1.165, 1.54) is 0 Å². The molecule has 0 aliphatic heterocycles. The van der Waals surface area contributed by atoms with Gasteiger partial charge in [-0.1, -0.05) is 46.8 Å². The number of sulfone groups is 1. The average Bonchev–Trinajstić information content (AvgIpc) is 3.14. The summed E-state index contributed by atoms with van der Waals surface area (Å²) < 4.78 is 50.7. The zero-order valence-corrected chi connectivity index (χ0v) is 30.0. The second-order valence-electron chi connectivity index (χ2n) is 12.7. The summed E-state index contributed by atoms with van der Waals surface area (Å²) in [7, 11) is -3.65. The summed E-state index contributed by atoms with van der Waals surface area (Å²) in [5, 5.41) is 0. The van der Waals surface area contributed by atoms with Crippen LogP contribution in [0.1, 0.15) is 72.8 Å². The fourth-order valence-corrected chi connectivity index (χ4v) is 6.59. The van der Waals surface area contributed by atoms with E-state index in [1.807, 2.05) is 72.8 Å². The van der Waals surface area contributed by atoms with Crippen LogP contribution in [0.3, 0.4) is 0 Å². The first-order valence-corrected chi connectivity index (χ1v) is 18.5. The van der Waals surface area contributed by atoms with Gasteiger partial charge in [-0.05, 0) is 153 Å². The lowest BCUT2D eigenvalue weighted by Gasteiger charge is -2.28. The van der Waals surface area contributed by atoms with Crippen molar-refractivity contribution in [1.82, 2.24) is 0 Å². The van der Waals surface area contributed by atoms with Crippen molar-refractivity contribution >= 4 is 9.84 Å². The molecule has 0 atom stereocenters. The molecule has 5 aromatic rings. The predicted octanol–water partition coefficient (Wildman–Crippen LogP) is 11.9. The maximum absolute atomic E-state index is 13.3. The normalized spacial score (nSPS) is 12.0. The Hall–Kier alpha value is -4.75. The number of ether oxygens (including phenoxy) is 4. The van der Waals surface area contributed by atoms with Crippen LogP contribution in [-0.4, -0.2) is 14.0 Å². The first kappa shape index (κ1) is 35.6. The van der Waals surface area contributed by atoms with Crippen molar-refractivity contribution in [3.05, 3.63) is 127 Å². The van der Waals surface area contributed by atoms with Gasteiger partial charge in [0, 0.05) is 0 Å². The largest absolute Gasteiger partial charge is 0.488 e. The summed E-state index contributed by atoms with van der Waals surface area (Å²) in [6, 6.07) is 36.1. The van der Waals surface area contributed by atoms with Crippen LogP contribution in [0.25, 0.3) is 0 Å². The molecule has 0 fully saturated rings. The van der Waals surface area contributed by atoms with Gasteiger partial charge in [0.1, 0.15) is 45.8 Å². The zero-order chi connectivity index (χ0) is 35.1. The highest BCUT2D eigenvalue weighted by atomic mass is 32.2. The van der Waals surface area contributed by atoms with Gasteiger partial charge in [-0.15, -0.1) is 0 Å². The molecular formula is C42H46O6S. The molecule has 0 saturated carbocycles. The zero-order valence-electron chi connectivity index (χ0n) is 29.2. The van der Waals surface area contributed by atoms with Crippen molar-refractivity contribution < 1.29 is 27.4 Å². The van der Waals surface area contributed by atoms with Gasteiger partial charge in [-0.3, -0.25) is 0 Å². The molecule has 0 spiro atoms. The second kappa shape index (κ2) is 15.2.